The van der Waals surface area contributed by atoms with Crippen molar-refractivity contribution in [2.24, 2.45) is 11.7 Å². The minimum Gasteiger partial charge on any atom is -0.366 e. The van der Waals surface area contributed by atoms with Gasteiger partial charge in [-0.15, -0.1) is 0 Å². The topological polar surface area (TPSA) is 110 Å². The molecule has 2 aromatic rings. The molecule has 0 saturated carbocycles. The zero-order chi connectivity index (χ0) is 21.1. The SMILES string of the molecule is CC(C)ON(C(O)(C(N)=O)C(C)C)S(=O)(=O)c1ccc(-c2ccccc2)cc1. The highest BCUT2D eigenvalue weighted by atomic mass is 32.2. The molecule has 8 heteroatoms. The van der Waals surface area contributed by atoms with E-state index in [1.165, 1.54) is 26.0 Å². The van der Waals surface area contributed by atoms with E-state index in [-0.39, 0.29) is 4.90 Å². The third kappa shape index (κ3) is 4.25. The van der Waals surface area contributed by atoms with Crippen LogP contribution in [0, 0.1) is 5.92 Å². The average Bonchev–Trinajstić information content (AvgIpc) is 2.65. The number of rotatable bonds is 8. The quantitative estimate of drug-likeness (QED) is 0.517. The molecule has 2 aromatic carbocycles. The number of hydrogen-bond donors (Lipinski definition) is 2. The van der Waals surface area contributed by atoms with Crippen LogP contribution in [0.3, 0.4) is 0 Å². The molecule has 28 heavy (non-hydrogen) atoms. The Hall–Kier alpha value is -2.26. The summed E-state index contributed by atoms with van der Waals surface area (Å²) in [5.74, 6) is -2.06. The molecule has 7 nitrogen and oxygen atoms in total. The first-order chi connectivity index (χ1) is 13.0. The molecule has 0 bridgehead atoms. The van der Waals surface area contributed by atoms with E-state index in [9.17, 15) is 18.3 Å². The molecule has 0 aliphatic carbocycles. The number of aliphatic hydroxyl groups is 1. The maximum absolute atomic E-state index is 13.2. The molecule has 0 aliphatic rings. The van der Waals surface area contributed by atoms with Gasteiger partial charge in [0.2, 0.25) is 5.72 Å². The number of primary amides is 1. The van der Waals surface area contributed by atoms with Gasteiger partial charge in [-0.1, -0.05) is 56.3 Å². The van der Waals surface area contributed by atoms with Gasteiger partial charge in [0.15, 0.2) is 0 Å². The second kappa shape index (κ2) is 8.40. The molecule has 1 amide bonds. The Bertz CT molecular complexity index is 911. The minimum atomic E-state index is -4.38. The third-order valence-electron chi connectivity index (χ3n) is 4.23. The summed E-state index contributed by atoms with van der Waals surface area (Å²) < 4.78 is 26.7. The normalized spacial score (nSPS) is 14.4. The van der Waals surface area contributed by atoms with E-state index in [1.54, 1.807) is 26.0 Å². The second-order valence-electron chi connectivity index (χ2n) is 7.02. The second-order valence-corrected chi connectivity index (χ2v) is 8.78. The highest BCUT2D eigenvalue weighted by molar-refractivity contribution is 7.89. The molecule has 0 aliphatic heterocycles. The van der Waals surface area contributed by atoms with Crippen LogP contribution in [-0.4, -0.2) is 35.7 Å². The van der Waals surface area contributed by atoms with Gasteiger partial charge in [0.05, 0.1) is 11.0 Å². The summed E-state index contributed by atoms with van der Waals surface area (Å²) in [7, 11) is -4.38. The van der Waals surface area contributed by atoms with E-state index in [0.29, 0.717) is 4.47 Å². The van der Waals surface area contributed by atoms with Crippen LogP contribution in [0.25, 0.3) is 11.1 Å². The first-order valence-corrected chi connectivity index (χ1v) is 10.3. The number of hydrogen-bond acceptors (Lipinski definition) is 5. The monoisotopic (exact) mass is 406 g/mol. The molecule has 1 atom stereocenters. The van der Waals surface area contributed by atoms with Gasteiger partial charge in [-0.2, -0.15) is 0 Å². The fourth-order valence-corrected chi connectivity index (χ4v) is 4.27. The van der Waals surface area contributed by atoms with Gasteiger partial charge in [-0.25, -0.2) is 8.42 Å². The molecule has 1 unspecified atom stereocenters. The number of benzene rings is 2. The largest absolute Gasteiger partial charge is 0.366 e. The Morgan fingerprint density at radius 2 is 1.50 bits per heavy atom. The Morgan fingerprint density at radius 3 is 1.93 bits per heavy atom. The van der Waals surface area contributed by atoms with Crippen molar-refractivity contribution in [2.45, 2.75) is 44.4 Å². The molecule has 0 heterocycles. The first kappa shape index (κ1) is 22.0. The zero-order valence-corrected chi connectivity index (χ0v) is 17.2. The van der Waals surface area contributed by atoms with Crippen molar-refractivity contribution >= 4 is 15.9 Å². The number of carbonyl (C=O) groups is 1. The predicted octanol–water partition coefficient (Wildman–Crippen LogP) is 2.51. The number of hydroxylamine groups is 1. The van der Waals surface area contributed by atoms with Gasteiger partial charge in [-0.05, 0) is 41.6 Å². The Morgan fingerprint density at radius 1 is 1.00 bits per heavy atom. The zero-order valence-electron chi connectivity index (χ0n) is 16.4. The van der Waals surface area contributed by atoms with Gasteiger partial charge in [0.25, 0.3) is 15.9 Å². The van der Waals surface area contributed by atoms with Crippen molar-refractivity contribution in [3.05, 3.63) is 54.6 Å². The van der Waals surface area contributed by atoms with E-state index >= 15 is 0 Å². The molecule has 0 aromatic heterocycles. The van der Waals surface area contributed by atoms with Crippen LogP contribution >= 0.6 is 0 Å². The molecule has 0 fully saturated rings. The van der Waals surface area contributed by atoms with E-state index in [2.05, 4.69) is 0 Å². The summed E-state index contributed by atoms with van der Waals surface area (Å²) in [5, 5.41) is 10.9. The lowest BCUT2D eigenvalue weighted by Crippen LogP contribution is -2.63. The standard InChI is InChI=1S/C20H26N2O5S/c1-14(2)20(24,19(21)23)22(27-15(3)4)28(25,26)18-12-10-17(11-13-18)16-8-6-5-7-9-16/h5-15,24H,1-4H3,(H2,21,23). The number of carbonyl (C=O) groups excluding carboxylic acids is 1. The fraction of sp³-hybridized carbons (Fsp3) is 0.350. The highest BCUT2D eigenvalue weighted by Crippen LogP contribution is 2.31. The molecule has 0 saturated heterocycles. The minimum absolute atomic E-state index is 0.131. The van der Waals surface area contributed by atoms with E-state index in [0.717, 1.165) is 11.1 Å². The Labute approximate surface area is 165 Å². The summed E-state index contributed by atoms with van der Waals surface area (Å²) in [6.45, 7) is 6.14. The van der Waals surface area contributed by atoms with Crippen molar-refractivity contribution in [3.63, 3.8) is 0 Å². The van der Waals surface area contributed by atoms with E-state index in [1.807, 2.05) is 30.3 Å². The Kier molecular flexibility index (Phi) is 6.61. The van der Waals surface area contributed by atoms with Gasteiger partial charge in [0, 0.05) is 5.92 Å². The lowest BCUT2D eigenvalue weighted by atomic mass is 10.0. The van der Waals surface area contributed by atoms with Crippen molar-refractivity contribution in [3.8, 4) is 11.1 Å². The highest BCUT2D eigenvalue weighted by Gasteiger charge is 2.52. The van der Waals surface area contributed by atoms with Crippen molar-refractivity contribution in [1.82, 2.24) is 4.47 Å². The summed E-state index contributed by atoms with van der Waals surface area (Å²) in [5.41, 5.74) is 4.56. The molecule has 152 valence electrons. The van der Waals surface area contributed by atoms with Crippen molar-refractivity contribution in [1.29, 1.82) is 0 Å². The van der Waals surface area contributed by atoms with Crippen LogP contribution in [0.4, 0.5) is 0 Å². The number of sulfonamides is 1. The fourth-order valence-electron chi connectivity index (χ4n) is 2.64. The molecular weight excluding hydrogens is 380 g/mol. The van der Waals surface area contributed by atoms with Crippen LogP contribution < -0.4 is 5.73 Å². The lowest BCUT2D eigenvalue weighted by Gasteiger charge is -2.38. The summed E-state index contributed by atoms with van der Waals surface area (Å²) >= 11 is 0. The maximum atomic E-state index is 13.2. The molecular formula is C20H26N2O5S. The maximum Gasteiger partial charge on any atom is 0.268 e. The molecule has 2 rings (SSSR count). The number of nitrogens with zero attached hydrogens (tertiary/aromatic N) is 1. The van der Waals surface area contributed by atoms with Gasteiger partial charge >= 0.3 is 0 Å². The van der Waals surface area contributed by atoms with Gasteiger partial charge in [0.1, 0.15) is 0 Å². The van der Waals surface area contributed by atoms with E-state index in [4.69, 9.17) is 10.6 Å². The van der Waals surface area contributed by atoms with Crippen LogP contribution in [0.1, 0.15) is 27.7 Å². The predicted molar refractivity (Wildman–Crippen MR) is 106 cm³/mol. The third-order valence-corrected chi connectivity index (χ3v) is 5.90. The first-order valence-electron chi connectivity index (χ1n) is 8.91. The van der Waals surface area contributed by atoms with Crippen LogP contribution in [-0.2, 0) is 19.7 Å². The van der Waals surface area contributed by atoms with Crippen LogP contribution in [0.15, 0.2) is 59.5 Å². The molecule has 0 radical (unpaired) electrons. The summed E-state index contributed by atoms with van der Waals surface area (Å²) in [6.07, 6.45) is -0.622. The summed E-state index contributed by atoms with van der Waals surface area (Å²) in [6, 6.07) is 15.6. The average molecular weight is 407 g/mol. The van der Waals surface area contributed by atoms with Crippen molar-refractivity contribution < 1.29 is 23.2 Å². The summed E-state index contributed by atoms with van der Waals surface area (Å²) in [4.78, 5) is 17.2. The lowest BCUT2D eigenvalue weighted by molar-refractivity contribution is -0.256. The Balaban J connectivity index is 2.52. The van der Waals surface area contributed by atoms with Crippen LogP contribution in [0.2, 0.25) is 0 Å². The smallest absolute Gasteiger partial charge is 0.268 e. The molecule has 0 spiro atoms. The van der Waals surface area contributed by atoms with Gasteiger partial charge in [-0.3, -0.25) is 9.63 Å². The van der Waals surface area contributed by atoms with E-state index < -0.39 is 33.7 Å². The number of nitrogens with two attached hydrogens (primary N) is 1. The number of amides is 1. The van der Waals surface area contributed by atoms with Crippen molar-refractivity contribution in [2.75, 3.05) is 0 Å². The van der Waals surface area contributed by atoms with Crippen LogP contribution in [0.5, 0.6) is 0 Å². The molecule has 3 N–H and O–H groups in total. The van der Waals surface area contributed by atoms with Gasteiger partial charge < -0.3 is 10.8 Å².